The number of nitrogens with one attached hydrogen (secondary N) is 2. The van der Waals surface area contributed by atoms with Crippen LogP contribution in [0.15, 0.2) is 89.3 Å². The van der Waals surface area contributed by atoms with Gasteiger partial charge in [-0.05, 0) is 68.0 Å². The largest absolute Gasteiger partial charge is 0.493 e. The molecule has 1 aliphatic carbocycles. The fourth-order valence-electron chi connectivity index (χ4n) is 5.77. The van der Waals surface area contributed by atoms with Crippen LogP contribution in [0.3, 0.4) is 0 Å². The molecule has 6 nitrogen and oxygen atoms in total. The van der Waals surface area contributed by atoms with E-state index >= 15 is 0 Å². The van der Waals surface area contributed by atoms with Crippen LogP contribution in [0.5, 0.6) is 11.5 Å². The van der Waals surface area contributed by atoms with E-state index in [1.165, 1.54) is 0 Å². The summed E-state index contributed by atoms with van der Waals surface area (Å²) >= 11 is 0. The first-order valence-corrected chi connectivity index (χ1v) is 13.2. The van der Waals surface area contributed by atoms with Crippen LogP contribution in [-0.4, -0.2) is 25.9 Å². The molecule has 1 heterocycles. The normalized spacial score (nSPS) is 18.8. The van der Waals surface area contributed by atoms with Crippen LogP contribution in [0.4, 0.5) is 5.69 Å². The molecule has 0 saturated carbocycles. The number of allylic oxidation sites excluding steroid dienone is 3. The van der Waals surface area contributed by atoms with E-state index in [9.17, 15) is 9.59 Å². The Morgan fingerprint density at radius 2 is 1.64 bits per heavy atom. The van der Waals surface area contributed by atoms with Gasteiger partial charge in [-0.1, -0.05) is 54.1 Å². The molecule has 0 fully saturated rings. The minimum atomic E-state index is -0.455. The maximum atomic E-state index is 13.9. The third kappa shape index (κ3) is 5.07. The van der Waals surface area contributed by atoms with Gasteiger partial charge in [0.25, 0.3) is 5.91 Å². The van der Waals surface area contributed by atoms with Crippen molar-refractivity contribution in [3.8, 4) is 11.5 Å². The van der Waals surface area contributed by atoms with Gasteiger partial charge in [0.2, 0.25) is 0 Å². The number of methoxy groups -OCH3 is 2. The second kappa shape index (κ2) is 10.8. The molecule has 0 radical (unpaired) electrons. The van der Waals surface area contributed by atoms with Gasteiger partial charge in [-0.3, -0.25) is 9.59 Å². The Hall–Kier alpha value is -4.32. The highest BCUT2D eigenvalue weighted by molar-refractivity contribution is 6.10. The highest BCUT2D eigenvalue weighted by atomic mass is 16.5. The number of carbonyl (C=O) groups excluding carboxylic acids is 2. The summed E-state index contributed by atoms with van der Waals surface area (Å²) in [6.45, 7) is 5.91. The monoisotopic (exact) mass is 522 g/mol. The third-order valence-electron chi connectivity index (χ3n) is 7.72. The van der Waals surface area contributed by atoms with Gasteiger partial charge >= 0.3 is 0 Å². The molecule has 200 valence electrons. The Morgan fingerprint density at radius 3 is 2.36 bits per heavy atom. The van der Waals surface area contributed by atoms with Gasteiger partial charge in [-0.2, -0.15) is 0 Å². The van der Waals surface area contributed by atoms with E-state index in [0.717, 1.165) is 39.3 Å². The molecular formula is C33H34N2O4. The molecule has 2 aliphatic rings. The van der Waals surface area contributed by atoms with Crippen molar-refractivity contribution in [1.82, 2.24) is 5.32 Å². The summed E-state index contributed by atoms with van der Waals surface area (Å²) < 4.78 is 10.9. The SMILES string of the molecule is COc1ccc([C@H]2CC(=O)C3=C(C2)NC(C)=C(C(=O)Nc2ccccc2C)[C@@H]3c2cccc(C)c2)cc1OC. The molecule has 2 N–H and O–H groups in total. The van der Waals surface area contributed by atoms with Crippen molar-refractivity contribution in [2.75, 3.05) is 19.5 Å². The summed E-state index contributed by atoms with van der Waals surface area (Å²) in [5.74, 6) is 0.663. The highest BCUT2D eigenvalue weighted by Crippen LogP contribution is 2.46. The fraction of sp³-hybridized carbons (Fsp3) is 0.273. The standard InChI is InChI=1S/C33H34N2O4/c1-19-9-8-11-23(15-19)31-30(33(37)35-25-12-7-6-10-20(25)2)21(3)34-26-16-24(17-27(36)32(26)31)22-13-14-28(38-4)29(18-22)39-5/h6-15,18,24,31,34H,16-17H2,1-5H3,(H,35,37)/t24-,31+/m1/s1. The lowest BCUT2D eigenvalue weighted by molar-refractivity contribution is -0.116. The zero-order valence-electron chi connectivity index (χ0n) is 23.1. The Bertz CT molecular complexity index is 1520. The van der Waals surface area contributed by atoms with Crippen molar-refractivity contribution >= 4 is 17.4 Å². The van der Waals surface area contributed by atoms with Crippen molar-refractivity contribution < 1.29 is 19.1 Å². The van der Waals surface area contributed by atoms with Crippen LogP contribution >= 0.6 is 0 Å². The van der Waals surface area contributed by atoms with Gasteiger partial charge < -0.3 is 20.1 Å². The molecule has 0 saturated heterocycles. The van der Waals surface area contributed by atoms with Crippen molar-refractivity contribution in [1.29, 1.82) is 0 Å². The van der Waals surface area contributed by atoms with Gasteiger partial charge in [0.15, 0.2) is 17.3 Å². The zero-order valence-corrected chi connectivity index (χ0v) is 23.1. The van der Waals surface area contributed by atoms with E-state index in [0.29, 0.717) is 35.5 Å². The molecule has 6 heteroatoms. The summed E-state index contributed by atoms with van der Waals surface area (Å²) in [6, 6.07) is 21.6. The number of dihydropyridines is 1. The topological polar surface area (TPSA) is 76.7 Å². The summed E-state index contributed by atoms with van der Waals surface area (Å²) in [4.78, 5) is 27.8. The van der Waals surface area contributed by atoms with Gasteiger partial charge in [0.05, 0.1) is 14.2 Å². The number of aryl methyl sites for hydroxylation is 2. The molecule has 1 amide bonds. The number of amides is 1. The van der Waals surface area contributed by atoms with Crippen molar-refractivity contribution in [2.45, 2.75) is 45.4 Å². The van der Waals surface area contributed by atoms with E-state index in [4.69, 9.17) is 9.47 Å². The number of ether oxygens (including phenoxy) is 2. The Balaban J connectivity index is 1.55. The maximum absolute atomic E-state index is 13.9. The number of ketones is 1. The summed E-state index contributed by atoms with van der Waals surface area (Å²) in [7, 11) is 3.22. The first-order chi connectivity index (χ1) is 18.8. The molecule has 39 heavy (non-hydrogen) atoms. The van der Waals surface area contributed by atoms with E-state index in [1.807, 2.05) is 81.4 Å². The van der Waals surface area contributed by atoms with Crippen molar-refractivity contribution in [3.05, 3.63) is 112 Å². The first-order valence-electron chi connectivity index (χ1n) is 13.2. The Kier molecular flexibility index (Phi) is 7.29. The molecule has 0 unspecified atom stereocenters. The number of hydrogen-bond acceptors (Lipinski definition) is 5. The van der Waals surface area contributed by atoms with E-state index in [-0.39, 0.29) is 17.6 Å². The van der Waals surface area contributed by atoms with Crippen LogP contribution in [0.2, 0.25) is 0 Å². The predicted octanol–water partition coefficient (Wildman–Crippen LogP) is 6.32. The lowest BCUT2D eigenvalue weighted by atomic mass is 9.71. The lowest BCUT2D eigenvalue weighted by Gasteiger charge is -2.37. The summed E-state index contributed by atoms with van der Waals surface area (Å²) in [5, 5.41) is 6.56. The molecule has 2 atom stereocenters. The molecule has 3 aromatic carbocycles. The number of hydrogen-bond donors (Lipinski definition) is 2. The van der Waals surface area contributed by atoms with Crippen molar-refractivity contribution in [3.63, 3.8) is 0 Å². The van der Waals surface area contributed by atoms with Crippen LogP contribution in [0.1, 0.15) is 53.9 Å². The van der Waals surface area contributed by atoms with Crippen LogP contribution in [-0.2, 0) is 9.59 Å². The van der Waals surface area contributed by atoms with E-state index in [2.05, 4.69) is 16.7 Å². The number of benzene rings is 3. The number of Topliss-reactive ketones (excluding diaryl/α,β-unsaturated/α-hetero) is 1. The lowest BCUT2D eigenvalue weighted by Crippen LogP contribution is -2.37. The Labute approximate surface area is 229 Å². The quantitative estimate of drug-likeness (QED) is 0.396. The van der Waals surface area contributed by atoms with Crippen LogP contribution in [0.25, 0.3) is 0 Å². The maximum Gasteiger partial charge on any atom is 0.254 e. The molecule has 0 bridgehead atoms. The number of para-hydroxylation sites is 1. The minimum absolute atomic E-state index is 0.0168. The average molecular weight is 523 g/mol. The molecular weight excluding hydrogens is 488 g/mol. The molecule has 0 spiro atoms. The van der Waals surface area contributed by atoms with Gasteiger partial charge in [0.1, 0.15) is 0 Å². The molecule has 3 aromatic rings. The first kappa shape index (κ1) is 26.3. The van der Waals surface area contributed by atoms with Crippen LogP contribution in [0, 0.1) is 13.8 Å². The average Bonchev–Trinajstić information content (AvgIpc) is 2.92. The number of carbonyl (C=O) groups is 2. The zero-order chi connectivity index (χ0) is 27.7. The third-order valence-corrected chi connectivity index (χ3v) is 7.72. The molecule has 5 rings (SSSR count). The van der Waals surface area contributed by atoms with E-state index < -0.39 is 5.92 Å². The smallest absolute Gasteiger partial charge is 0.254 e. The summed E-state index contributed by atoms with van der Waals surface area (Å²) in [5.41, 5.74) is 7.66. The molecule has 0 aromatic heterocycles. The fourth-order valence-corrected chi connectivity index (χ4v) is 5.77. The van der Waals surface area contributed by atoms with Crippen molar-refractivity contribution in [2.24, 2.45) is 0 Å². The van der Waals surface area contributed by atoms with Crippen LogP contribution < -0.4 is 20.1 Å². The number of anilines is 1. The highest BCUT2D eigenvalue weighted by Gasteiger charge is 2.41. The van der Waals surface area contributed by atoms with Gasteiger partial charge in [-0.25, -0.2) is 0 Å². The van der Waals surface area contributed by atoms with Gasteiger partial charge in [0, 0.05) is 40.6 Å². The number of rotatable bonds is 6. The second-order valence-electron chi connectivity index (χ2n) is 10.3. The van der Waals surface area contributed by atoms with E-state index in [1.54, 1.807) is 14.2 Å². The predicted molar refractivity (Wildman–Crippen MR) is 153 cm³/mol. The summed E-state index contributed by atoms with van der Waals surface area (Å²) in [6.07, 6.45) is 1.01. The van der Waals surface area contributed by atoms with Gasteiger partial charge in [-0.15, -0.1) is 0 Å². The Morgan fingerprint density at radius 1 is 0.872 bits per heavy atom. The molecule has 1 aliphatic heterocycles. The minimum Gasteiger partial charge on any atom is -0.493 e. The second-order valence-corrected chi connectivity index (χ2v) is 10.3.